The lowest BCUT2D eigenvalue weighted by molar-refractivity contribution is -0.130. The minimum atomic E-state index is -4.57. The Hall–Kier alpha value is -1.58. The van der Waals surface area contributed by atoms with Crippen molar-refractivity contribution in [2.24, 2.45) is 0 Å². The summed E-state index contributed by atoms with van der Waals surface area (Å²) in [4.78, 5) is 11.6. The SMILES string of the molecule is Cc1cc(NC(=O)CS(=O)(=O)CCC(F)(F)F)nn1C(C)C. The third-order valence-electron chi connectivity index (χ3n) is 2.73. The molecule has 0 radical (unpaired) electrons. The Labute approximate surface area is 126 Å². The molecule has 1 heterocycles. The molecule has 10 heteroatoms. The van der Waals surface area contributed by atoms with E-state index < -0.39 is 39.8 Å². The van der Waals surface area contributed by atoms with Crippen LogP contribution in [-0.4, -0.2) is 41.8 Å². The molecular formula is C12H18F3N3O3S. The molecule has 0 saturated heterocycles. The van der Waals surface area contributed by atoms with Crippen molar-refractivity contribution in [3.8, 4) is 0 Å². The maximum absolute atomic E-state index is 12.0. The molecule has 0 aromatic carbocycles. The van der Waals surface area contributed by atoms with E-state index in [1.165, 1.54) is 0 Å². The number of sulfone groups is 1. The first kappa shape index (κ1) is 18.5. The number of nitrogens with zero attached hydrogens (tertiary/aromatic N) is 2. The Morgan fingerprint density at radius 3 is 2.45 bits per heavy atom. The minimum absolute atomic E-state index is 0.0566. The van der Waals surface area contributed by atoms with Crippen LogP contribution in [0.3, 0.4) is 0 Å². The molecule has 126 valence electrons. The number of nitrogens with one attached hydrogen (secondary N) is 1. The second kappa shape index (κ2) is 6.67. The van der Waals surface area contributed by atoms with Gasteiger partial charge in [-0.05, 0) is 20.8 Å². The van der Waals surface area contributed by atoms with Crippen LogP contribution in [0.4, 0.5) is 19.0 Å². The number of anilines is 1. The fourth-order valence-corrected chi connectivity index (χ4v) is 2.95. The van der Waals surface area contributed by atoms with Gasteiger partial charge in [0.15, 0.2) is 15.7 Å². The quantitative estimate of drug-likeness (QED) is 0.859. The highest BCUT2D eigenvalue weighted by molar-refractivity contribution is 7.92. The fraction of sp³-hybridized carbons (Fsp3) is 0.667. The largest absolute Gasteiger partial charge is 0.390 e. The lowest BCUT2D eigenvalue weighted by atomic mass is 10.4. The molecule has 0 aliphatic carbocycles. The molecular weight excluding hydrogens is 323 g/mol. The number of aryl methyl sites for hydroxylation is 1. The van der Waals surface area contributed by atoms with Crippen LogP contribution in [0, 0.1) is 6.92 Å². The number of aromatic nitrogens is 2. The van der Waals surface area contributed by atoms with Gasteiger partial charge < -0.3 is 5.32 Å². The summed E-state index contributed by atoms with van der Waals surface area (Å²) < 4.78 is 60.6. The second-order valence-electron chi connectivity index (χ2n) is 5.21. The van der Waals surface area contributed by atoms with Gasteiger partial charge in [-0.2, -0.15) is 18.3 Å². The second-order valence-corrected chi connectivity index (χ2v) is 7.40. The van der Waals surface area contributed by atoms with E-state index in [-0.39, 0.29) is 11.9 Å². The van der Waals surface area contributed by atoms with Crippen molar-refractivity contribution in [1.82, 2.24) is 9.78 Å². The lowest BCUT2D eigenvalue weighted by Gasteiger charge is -2.08. The van der Waals surface area contributed by atoms with Crippen molar-refractivity contribution in [1.29, 1.82) is 0 Å². The zero-order valence-corrected chi connectivity index (χ0v) is 13.3. The number of carbonyl (C=O) groups is 1. The lowest BCUT2D eigenvalue weighted by Crippen LogP contribution is -2.27. The molecule has 1 aromatic heterocycles. The topological polar surface area (TPSA) is 81.1 Å². The first-order valence-electron chi connectivity index (χ1n) is 6.53. The van der Waals surface area contributed by atoms with Gasteiger partial charge in [0.2, 0.25) is 5.91 Å². The van der Waals surface area contributed by atoms with Crippen molar-refractivity contribution in [3.05, 3.63) is 11.8 Å². The van der Waals surface area contributed by atoms with E-state index in [9.17, 15) is 26.4 Å². The number of carbonyl (C=O) groups excluding carboxylic acids is 1. The van der Waals surface area contributed by atoms with Crippen molar-refractivity contribution >= 4 is 21.6 Å². The van der Waals surface area contributed by atoms with Crippen LogP contribution in [0.1, 0.15) is 32.0 Å². The van der Waals surface area contributed by atoms with Crippen LogP contribution in [0.25, 0.3) is 0 Å². The number of rotatable bonds is 6. The smallest absolute Gasteiger partial charge is 0.308 e. The van der Waals surface area contributed by atoms with Gasteiger partial charge in [-0.1, -0.05) is 0 Å². The molecule has 0 aliphatic heterocycles. The highest BCUT2D eigenvalue weighted by Crippen LogP contribution is 2.20. The van der Waals surface area contributed by atoms with Gasteiger partial charge in [-0.15, -0.1) is 0 Å². The third-order valence-corrected chi connectivity index (χ3v) is 4.25. The first-order chi connectivity index (χ1) is 9.89. The summed E-state index contributed by atoms with van der Waals surface area (Å²) in [6.07, 6.45) is -6.04. The number of hydrogen-bond acceptors (Lipinski definition) is 4. The van der Waals surface area contributed by atoms with E-state index in [1.807, 2.05) is 13.8 Å². The van der Waals surface area contributed by atoms with Crippen molar-refractivity contribution < 1.29 is 26.4 Å². The van der Waals surface area contributed by atoms with Gasteiger partial charge in [0, 0.05) is 17.8 Å². The maximum atomic E-state index is 12.0. The fourth-order valence-electron chi connectivity index (χ4n) is 1.79. The van der Waals surface area contributed by atoms with Crippen LogP contribution >= 0.6 is 0 Å². The molecule has 0 atom stereocenters. The van der Waals surface area contributed by atoms with Gasteiger partial charge in [0.1, 0.15) is 5.75 Å². The summed E-state index contributed by atoms with van der Waals surface area (Å²) in [6, 6.07) is 1.61. The first-order valence-corrected chi connectivity index (χ1v) is 8.35. The van der Waals surface area contributed by atoms with Crippen LogP contribution in [0.2, 0.25) is 0 Å². The summed E-state index contributed by atoms with van der Waals surface area (Å²) in [6.45, 7) is 5.53. The molecule has 1 rings (SSSR count). The molecule has 0 spiro atoms. The highest BCUT2D eigenvalue weighted by Gasteiger charge is 2.30. The van der Waals surface area contributed by atoms with Crippen molar-refractivity contribution in [3.63, 3.8) is 0 Å². The third kappa shape index (κ3) is 6.04. The Bertz CT molecular complexity index is 636. The zero-order valence-electron chi connectivity index (χ0n) is 12.4. The number of halogens is 3. The molecule has 1 aromatic rings. The molecule has 22 heavy (non-hydrogen) atoms. The van der Waals surface area contributed by atoms with E-state index >= 15 is 0 Å². The van der Waals surface area contributed by atoms with Gasteiger partial charge in [-0.3, -0.25) is 9.48 Å². The summed E-state index contributed by atoms with van der Waals surface area (Å²) in [5.74, 6) is -2.85. The Balaban J connectivity index is 2.64. The number of amides is 1. The van der Waals surface area contributed by atoms with Gasteiger partial charge in [-0.25, -0.2) is 8.42 Å². The number of hydrogen-bond donors (Lipinski definition) is 1. The number of alkyl halides is 3. The van der Waals surface area contributed by atoms with Gasteiger partial charge in [0.25, 0.3) is 0 Å². The normalized spacial score (nSPS) is 12.7. The predicted molar refractivity (Wildman–Crippen MR) is 75.3 cm³/mol. The highest BCUT2D eigenvalue weighted by atomic mass is 32.2. The van der Waals surface area contributed by atoms with Gasteiger partial charge in [0.05, 0.1) is 12.2 Å². The Morgan fingerprint density at radius 2 is 2.00 bits per heavy atom. The van der Waals surface area contributed by atoms with Crippen LogP contribution in [0.5, 0.6) is 0 Å². The molecule has 1 N–H and O–H groups in total. The molecule has 0 unspecified atom stereocenters. The van der Waals surface area contributed by atoms with E-state index in [0.29, 0.717) is 0 Å². The van der Waals surface area contributed by atoms with E-state index in [0.717, 1.165) is 5.69 Å². The molecule has 0 saturated carbocycles. The minimum Gasteiger partial charge on any atom is -0.308 e. The van der Waals surface area contributed by atoms with Crippen LogP contribution in [-0.2, 0) is 14.6 Å². The van der Waals surface area contributed by atoms with Crippen molar-refractivity contribution in [2.45, 2.75) is 39.4 Å². The van der Waals surface area contributed by atoms with E-state index in [2.05, 4.69) is 10.4 Å². The molecule has 0 bridgehead atoms. The summed E-state index contributed by atoms with van der Waals surface area (Å²) in [7, 11) is -4.12. The maximum Gasteiger partial charge on any atom is 0.390 e. The zero-order chi connectivity index (χ0) is 17.1. The molecule has 1 amide bonds. The monoisotopic (exact) mass is 341 g/mol. The molecule has 6 nitrogen and oxygen atoms in total. The summed E-state index contributed by atoms with van der Waals surface area (Å²) >= 11 is 0. The standard InChI is InChI=1S/C12H18F3N3O3S/c1-8(2)18-9(3)6-10(17-18)16-11(19)7-22(20,21)5-4-12(13,14)15/h6,8H,4-5,7H2,1-3H3,(H,16,17,19). The Kier molecular flexibility index (Phi) is 5.60. The van der Waals surface area contributed by atoms with Gasteiger partial charge >= 0.3 is 6.18 Å². The molecule has 0 aliphatic rings. The molecule has 0 fully saturated rings. The Morgan fingerprint density at radius 1 is 1.41 bits per heavy atom. The predicted octanol–water partition coefficient (Wildman–Crippen LogP) is 2.08. The van der Waals surface area contributed by atoms with E-state index in [4.69, 9.17) is 0 Å². The summed E-state index contributed by atoms with van der Waals surface area (Å²) in [5.41, 5.74) is 0.769. The van der Waals surface area contributed by atoms with E-state index in [1.54, 1.807) is 17.7 Å². The van der Waals surface area contributed by atoms with Crippen molar-refractivity contribution in [2.75, 3.05) is 16.8 Å². The average Bonchev–Trinajstić information content (AvgIpc) is 2.66. The summed E-state index contributed by atoms with van der Waals surface area (Å²) in [5, 5.41) is 6.35. The van der Waals surface area contributed by atoms with Crippen LogP contribution < -0.4 is 5.32 Å². The average molecular weight is 341 g/mol. The van der Waals surface area contributed by atoms with Crippen LogP contribution in [0.15, 0.2) is 6.07 Å².